The van der Waals surface area contributed by atoms with Crippen molar-refractivity contribution in [2.24, 2.45) is 0 Å². The molecule has 2 saturated carbocycles. The SMILES string of the molecule is CN(Cc1nncn1C1CC1)C1CN(c2ccc(C3CC3)nn2)C1. The van der Waals surface area contributed by atoms with Crippen molar-refractivity contribution in [1.82, 2.24) is 29.9 Å². The van der Waals surface area contributed by atoms with Crippen LogP contribution < -0.4 is 4.90 Å². The fourth-order valence-corrected chi connectivity index (χ4v) is 3.41. The molecule has 0 amide bonds. The Labute approximate surface area is 141 Å². The van der Waals surface area contributed by atoms with Crippen molar-refractivity contribution in [3.63, 3.8) is 0 Å². The van der Waals surface area contributed by atoms with E-state index in [2.05, 4.69) is 53.9 Å². The number of hydrogen-bond donors (Lipinski definition) is 0. The van der Waals surface area contributed by atoms with E-state index in [9.17, 15) is 0 Å². The first-order valence-electron chi connectivity index (χ1n) is 8.95. The van der Waals surface area contributed by atoms with Gasteiger partial charge in [-0.25, -0.2) is 0 Å². The van der Waals surface area contributed by atoms with Crippen LogP contribution >= 0.6 is 0 Å². The highest BCUT2D eigenvalue weighted by Crippen LogP contribution is 2.39. The first-order chi connectivity index (χ1) is 11.8. The lowest BCUT2D eigenvalue weighted by Gasteiger charge is -2.44. The largest absolute Gasteiger partial charge is 0.352 e. The predicted molar refractivity (Wildman–Crippen MR) is 89.8 cm³/mol. The molecule has 3 heterocycles. The van der Waals surface area contributed by atoms with Gasteiger partial charge in [0.05, 0.1) is 12.2 Å². The van der Waals surface area contributed by atoms with E-state index in [0.717, 1.165) is 37.0 Å². The number of rotatable bonds is 6. The van der Waals surface area contributed by atoms with Crippen LogP contribution in [0.4, 0.5) is 5.82 Å². The van der Waals surface area contributed by atoms with Crippen LogP contribution in [-0.2, 0) is 6.54 Å². The Kier molecular flexibility index (Phi) is 3.29. The highest BCUT2D eigenvalue weighted by Gasteiger charge is 2.33. The summed E-state index contributed by atoms with van der Waals surface area (Å²) >= 11 is 0. The molecule has 0 spiro atoms. The smallest absolute Gasteiger partial charge is 0.151 e. The third-order valence-corrected chi connectivity index (χ3v) is 5.45. The van der Waals surface area contributed by atoms with Crippen molar-refractivity contribution >= 4 is 5.82 Å². The molecule has 3 fully saturated rings. The fourth-order valence-electron chi connectivity index (χ4n) is 3.41. The summed E-state index contributed by atoms with van der Waals surface area (Å²) in [7, 11) is 2.18. The summed E-state index contributed by atoms with van der Waals surface area (Å²) < 4.78 is 2.25. The Balaban J connectivity index is 1.17. The minimum absolute atomic E-state index is 0.541. The Morgan fingerprint density at radius 3 is 2.58 bits per heavy atom. The molecule has 126 valence electrons. The molecule has 2 aromatic rings. The fraction of sp³-hybridized carbons (Fsp3) is 0.647. The van der Waals surface area contributed by atoms with Crippen LogP contribution in [0.15, 0.2) is 18.5 Å². The van der Waals surface area contributed by atoms with Gasteiger partial charge in [0.1, 0.15) is 12.2 Å². The molecule has 5 rings (SSSR count). The Hall–Kier alpha value is -2.02. The zero-order valence-electron chi connectivity index (χ0n) is 14.0. The van der Waals surface area contributed by atoms with E-state index < -0.39 is 0 Å². The predicted octanol–water partition coefficient (Wildman–Crippen LogP) is 1.60. The molecule has 1 saturated heterocycles. The maximum Gasteiger partial charge on any atom is 0.151 e. The quantitative estimate of drug-likeness (QED) is 0.804. The van der Waals surface area contributed by atoms with E-state index in [1.165, 1.54) is 25.7 Å². The molecular weight excluding hydrogens is 302 g/mol. The van der Waals surface area contributed by atoms with E-state index >= 15 is 0 Å². The van der Waals surface area contributed by atoms with Crippen LogP contribution in [0.5, 0.6) is 0 Å². The second-order valence-corrected chi connectivity index (χ2v) is 7.45. The van der Waals surface area contributed by atoms with Crippen LogP contribution in [0.2, 0.25) is 0 Å². The summed E-state index contributed by atoms with van der Waals surface area (Å²) in [4.78, 5) is 4.68. The van der Waals surface area contributed by atoms with Gasteiger partial charge in [-0.05, 0) is 44.9 Å². The number of aromatic nitrogens is 5. The lowest BCUT2D eigenvalue weighted by atomic mass is 10.1. The maximum atomic E-state index is 4.41. The first kappa shape index (κ1) is 14.3. The topological polar surface area (TPSA) is 63.0 Å². The summed E-state index contributed by atoms with van der Waals surface area (Å²) in [5.41, 5.74) is 1.16. The molecule has 1 aliphatic heterocycles. The molecule has 24 heavy (non-hydrogen) atoms. The van der Waals surface area contributed by atoms with Crippen LogP contribution in [0.1, 0.15) is 49.2 Å². The molecule has 0 unspecified atom stereocenters. The molecule has 2 aliphatic carbocycles. The number of hydrogen-bond acceptors (Lipinski definition) is 6. The zero-order chi connectivity index (χ0) is 16.1. The molecule has 0 radical (unpaired) electrons. The molecule has 3 aliphatic rings. The van der Waals surface area contributed by atoms with Crippen LogP contribution in [0, 0.1) is 0 Å². The van der Waals surface area contributed by atoms with E-state index in [1.54, 1.807) is 0 Å². The number of anilines is 1. The van der Waals surface area contributed by atoms with Crippen molar-refractivity contribution in [3.05, 3.63) is 30.0 Å². The summed E-state index contributed by atoms with van der Waals surface area (Å²) in [6.45, 7) is 2.87. The summed E-state index contributed by atoms with van der Waals surface area (Å²) in [6, 6.07) is 5.45. The summed E-state index contributed by atoms with van der Waals surface area (Å²) in [5.74, 6) is 2.77. The molecule has 2 aromatic heterocycles. The van der Waals surface area contributed by atoms with Crippen LogP contribution in [0.25, 0.3) is 0 Å². The molecule has 0 atom stereocenters. The van der Waals surface area contributed by atoms with Gasteiger partial charge in [0.2, 0.25) is 0 Å². The van der Waals surface area contributed by atoms with Gasteiger partial charge < -0.3 is 9.47 Å². The van der Waals surface area contributed by atoms with Crippen molar-refractivity contribution in [2.45, 2.75) is 50.2 Å². The standard InChI is InChI=1S/C17H23N7/c1-22(10-17-20-18-11-24(17)13-4-5-13)14-8-23(9-14)16-7-6-15(19-21-16)12-2-3-12/h6-7,11-14H,2-5,8-10H2,1H3. The highest BCUT2D eigenvalue weighted by molar-refractivity contribution is 5.42. The van der Waals surface area contributed by atoms with Crippen molar-refractivity contribution in [2.75, 3.05) is 25.0 Å². The lowest BCUT2D eigenvalue weighted by Crippen LogP contribution is -2.58. The number of nitrogens with zero attached hydrogens (tertiary/aromatic N) is 7. The lowest BCUT2D eigenvalue weighted by molar-refractivity contribution is 0.190. The second kappa shape index (κ2) is 5.51. The van der Waals surface area contributed by atoms with E-state index in [1.807, 2.05) is 6.33 Å². The molecule has 0 N–H and O–H groups in total. The Bertz CT molecular complexity index is 711. The van der Waals surface area contributed by atoms with Crippen molar-refractivity contribution < 1.29 is 0 Å². The number of likely N-dealkylation sites (N-methyl/N-ethyl adjacent to an activating group) is 1. The molecule has 0 aromatic carbocycles. The second-order valence-electron chi connectivity index (χ2n) is 7.45. The third-order valence-electron chi connectivity index (χ3n) is 5.45. The van der Waals surface area contributed by atoms with Crippen molar-refractivity contribution in [3.8, 4) is 0 Å². The molecule has 7 heteroatoms. The van der Waals surface area contributed by atoms with Gasteiger partial charge in [-0.2, -0.15) is 5.10 Å². The van der Waals surface area contributed by atoms with Gasteiger partial charge in [0, 0.05) is 31.1 Å². The molecule has 7 nitrogen and oxygen atoms in total. The monoisotopic (exact) mass is 325 g/mol. The van der Waals surface area contributed by atoms with Gasteiger partial charge >= 0.3 is 0 Å². The third kappa shape index (κ3) is 2.66. The average molecular weight is 325 g/mol. The average Bonchev–Trinajstić information content (AvgIpc) is 3.46. The van der Waals surface area contributed by atoms with Crippen LogP contribution in [-0.4, -0.2) is 56.0 Å². The Morgan fingerprint density at radius 2 is 1.92 bits per heavy atom. The Morgan fingerprint density at radius 1 is 1.08 bits per heavy atom. The van der Waals surface area contributed by atoms with Gasteiger partial charge in [-0.1, -0.05) is 0 Å². The van der Waals surface area contributed by atoms with Gasteiger partial charge in [0.15, 0.2) is 5.82 Å². The van der Waals surface area contributed by atoms with Gasteiger partial charge in [0.25, 0.3) is 0 Å². The van der Waals surface area contributed by atoms with E-state index in [0.29, 0.717) is 18.0 Å². The van der Waals surface area contributed by atoms with E-state index in [-0.39, 0.29) is 0 Å². The molecule has 0 bridgehead atoms. The summed E-state index contributed by atoms with van der Waals surface area (Å²) in [5, 5.41) is 17.2. The highest BCUT2D eigenvalue weighted by atomic mass is 15.4. The first-order valence-corrected chi connectivity index (χ1v) is 8.95. The van der Waals surface area contributed by atoms with Crippen LogP contribution in [0.3, 0.4) is 0 Å². The normalized spacial score (nSPS) is 21.3. The minimum atomic E-state index is 0.541. The van der Waals surface area contributed by atoms with Crippen molar-refractivity contribution in [1.29, 1.82) is 0 Å². The minimum Gasteiger partial charge on any atom is -0.352 e. The van der Waals surface area contributed by atoms with E-state index in [4.69, 9.17) is 0 Å². The van der Waals surface area contributed by atoms with Gasteiger partial charge in [-0.3, -0.25) is 4.90 Å². The maximum absolute atomic E-state index is 4.41. The molecular formula is C17H23N7. The van der Waals surface area contributed by atoms with Gasteiger partial charge in [-0.15, -0.1) is 15.3 Å². The summed E-state index contributed by atoms with van der Waals surface area (Å²) in [6.07, 6.45) is 6.96. The zero-order valence-corrected chi connectivity index (χ0v) is 14.0.